The van der Waals surface area contributed by atoms with Crippen LogP contribution in [0.15, 0.2) is 24.3 Å². The number of hydrogen-bond donors (Lipinski definition) is 2. The first kappa shape index (κ1) is 10.2. The van der Waals surface area contributed by atoms with Gasteiger partial charge in [-0.2, -0.15) is 0 Å². The molecule has 0 amide bonds. The predicted octanol–water partition coefficient (Wildman–Crippen LogP) is 2.64. The lowest BCUT2D eigenvalue weighted by atomic mass is 9.73. The van der Waals surface area contributed by atoms with Crippen molar-refractivity contribution in [1.29, 1.82) is 0 Å². The van der Waals surface area contributed by atoms with Crippen molar-refractivity contribution in [3.63, 3.8) is 0 Å². The number of phenols is 1. The van der Waals surface area contributed by atoms with Crippen molar-refractivity contribution in [3.05, 3.63) is 29.8 Å². The zero-order valence-corrected chi connectivity index (χ0v) is 9.58. The Hall–Kier alpha value is -1.02. The summed E-state index contributed by atoms with van der Waals surface area (Å²) in [6.45, 7) is 2.28. The minimum absolute atomic E-state index is 0.371. The minimum atomic E-state index is 0.371. The highest BCUT2D eigenvalue weighted by Gasteiger charge is 2.45. The molecule has 1 aromatic carbocycles. The smallest absolute Gasteiger partial charge is 0.115 e. The van der Waals surface area contributed by atoms with E-state index >= 15 is 0 Å². The molecule has 2 aliphatic rings. The van der Waals surface area contributed by atoms with E-state index in [4.69, 9.17) is 0 Å². The molecule has 2 fully saturated rings. The van der Waals surface area contributed by atoms with Crippen LogP contribution in [-0.2, 0) is 0 Å². The summed E-state index contributed by atoms with van der Waals surface area (Å²) in [6.07, 6.45) is 5.50. The molecule has 1 aliphatic heterocycles. The molecule has 1 heterocycles. The molecule has 2 heteroatoms. The fourth-order valence-corrected chi connectivity index (χ4v) is 3.59. The third-order valence-electron chi connectivity index (χ3n) is 4.46. The van der Waals surface area contributed by atoms with E-state index in [1.807, 2.05) is 12.1 Å². The summed E-state index contributed by atoms with van der Waals surface area (Å²) in [5, 5.41) is 12.9. The molecule has 3 rings (SSSR count). The van der Waals surface area contributed by atoms with E-state index in [9.17, 15) is 5.11 Å². The third-order valence-corrected chi connectivity index (χ3v) is 4.46. The van der Waals surface area contributed by atoms with E-state index in [0.29, 0.717) is 17.1 Å². The van der Waals surface area contributed by atoms with Gasteiger partial charge in [-0.1, -0.05) is 25.0 Å². The number of benzene rings is 1. The van der Waals surface area contributed by atoms with E-state index < -0.39 is 0 Å². The topological polar surface area (TPSA) is 32.3 Å². The molecule has 0 unspecified atom stereocenters. The van der Waals surface area contributed by atoms with Crippen LogP contribution < -0.4 is 5.32 Å². The van der Waals surface area contributed by atoms with Crippen LogP contribution in [0.2, 0.25) is 0 Å². The molecule has 2 N–H and O–H groups in total. The van der Waals surface area contributed by atoms with Gasteiger partial charge in [-0.25, -0.2) is 0 Å². The molecule has 1 atom stereocenters. The number of nitrogens with one attached hydrogen (secondary N) is 1. The van der Waals surface area contributed by atoms with Gasteiger partial charge in [0.25, 0.3) is 0 Å². The van der Waals surface area contributed by atoms with Gasteiger partial charge in [0.05, 0.1) is 0 Å². The van der Waals surface area contributed by atoms with Crippen molar-refractivity contribution in [2.24, 2.45) is 5.41 Å². The second kappa shape index (κ2) is 3.77. The Bertz CT molecular complexity index is 359. The van der Waals surface area contributed by atoms with Gasteiger partial charge in [-0.3, -0.25) is 0 Å². The Morgan fingerprint density at radius 2 is 1.81 bits per heavy atom. The summed E-state index contributed by atoms with van der Waals surface area (Å²) in [6, 6.07) is 7.81. The third kappa shape index (κ3) is 1.52. The Morgan fingerprint density at radius 3 is 2.50 bits per heavy atom. The average Bonchev–Trinajstić information content (AvgIpc) is 2.91. The highest BCUT2D eigenvalue weighted by Crippen LogP contribution is 2.50. The van der Waals surface area contributed by atoms with Crippen LogP contribution in [0, 0.1) is 5.41 Å². The van der Waals surface area contributed by atoms with Crippen molar-refractivity contribution >= 4 is 0 Å². The lowest BCUT2D eigenvalue weighted by Gasteiger charge is -2.30. The van der Waals surface area contributed by atoms with Crippen LogP contribution in [-0.4, -0.2) is 18.2 Å². The van der Waals surface area contributed by atoms with Crippen LogP contribution in [0.5, 0.6) is 5.75 Å². The highest BCUT2D eigenvalue weighted by atomic mass is 16.3. The largest absolute Gasteiger partial charge is 0.508 e. The maximum atomic E-state index is 9.34. The predicted molar refractivity (Wildman–Crippen MR) is 64.6 cm³/mol. The molecule has 1 aromatic rings. The molecule has 1 spiro atoms. The first-order chi connectivity index (χ1) is 7.80. The monoisotopic (exact) mass is 217 g/mol. The Balaban J connectivity index is 1.91. The van der Waals surface area contributed by atoms with Crippen molar-refractivity contribution in [2.45, 2.75) is 31.6 Å². The van der Waals surface area contributed by atoms with E-state index in [2.05, 4.69) is 17.4 Å². The standard InChI is InChI=1S/C14H19NO/c16-12-5-3-11(4-6-12)13-9-15-10-14(13)7-1-2-8-14/h3-6,13,15-16H,1-2,7-10H2/t13-/m1/s1. The number of rotatable bonds is 1. The Labute approximate surface area is 96.7 Å². The highest BCUT2D eigenvalue weighted by molar-refractivity contribution is 5.31. The van der Waals surface area contributed by atoms with Crippen molar-refractivity contribution in [2.75, 3.05) is 13.1 Å². The number of aromatic hydroxyl groups is 1. The van der Waals surface area contributed by atoms with Crippen LogP contribution in [0.4, 0.5) is 0 Å². The lowest BCUT2D eigenvalue weighted by Crippen LogP contribution is -2.25. The SMILES string of the molecule is Oc1ccc([C@H]2CNCC23CCCC3)cc1. The molecule has 1 saturated heterocycles. The van der Waals surface area contributed by atoms with E-state index in [0.717, 1.165) is 6.54 Å². The van der Waals surface area contributed by atoms with E-state index in [1.54, 1.807) is 0 Å². The number of hydrogen-bond acceptors (Lipinski definition) is 2. The van der Waals surface area contributed by atoms with Gasteiger partial charge in [0.1, 0.15) is 5.75 Å². The molecule has 16 heavy (non-hydrogen) atoms. The summed E-state index contributed by atoms with van der Waals surface area (Å²) in [7, 11) is 0. The van der Waals surface area contributed by atoms with E-state index in [-0.39, 0.29) is 0 Å². The first-order valence-electron chi connectivity index (χ1n) is 6.30. The molecule has 0 aromatic heterocycles. The van der Waals surface area contributed by atoms with Crippen molar-refractivity contribution < 1.29 is 5.11 Å². The summed E-state index contributed by atoms with van der Waals surface area (Å²) < 4.78 is 0. The number of phenolic OH excluding ortho intramolecular Hbond substituents is 1. The van der Waals surface area contributed by atoms with Crippen LogP contribution >= 0.6 is 0 Å². The van der Waals surface area contributed by atoms with Gasteiger partial charge < -0.3 is 10.4 Å². The molecule has 86 valence electrons. The summed E-state index contributed by atoms with van der Waals surface area (Å²) in [5.41, 5.74) is 1.90. The summed E-state index contributed by atoms with van der Waals surface area (Å²) in [5.74, 6) is 1.02. The van der Waals surface area contributed by atoms with Crippen LogP contribution in [0.25, 0.3) is 0 Å². The normalized spacial score (nSPS) is 27.6. The lowest BCUT2D eigenvalue weighted by molar-refractivity contribution is 0.295. The van der Waals surface area contributed by atoms with Gasteiger partial charge in [0, 0.05) is 19.0 Å². The average molecular weight is 217 g/mol. The zero-order valence-electron chi connectivity index (χ0n) is 9.58. The second-order valence-electron chi connectivity index (χ2n) is 5.34. The second-order valence-corrected chi connectivity index (χ2v) is 5.34. The maximum absolute atomic E-state index is 9.34. The molecular formula is C14H19NO. The van der Waals surface area contributed by atoms with Crippen LogP contribution in [0.1, 0.15) is 37.2 Å². The maximum Gasteiger partial charge on any atom is 0.115 e. The van der Waals surface area contributed by atoms with Crippen molar-refractivity contribution in [3.8, 4) is 5.75 Å². The fraction of sp³-hybridized carbons (Fsp3) is 0.571. The molecule has 1 saturated carbocycles. The molecule has 2 nitrogen and oxygen atoms in total. The van der Waals surface area contributed by atoms with Gasteiger partial charge in [-0.15, -0.1) is 0 Å². The summed E-state index contributed by atoms with van der Waals surface area (Å²) in [4.78, 5) is 0. The van der Waals surface area contributed by atoms with Gasteiger partial charge in [-0.05, 0) is 36.0 Å². The fourth-order valence-electron chi connectivity index (χ4n) is 3.59. The molecule has 0 radical (unpaired) electrons. The Kier molecular flexibility index (Phi) is 2.40. The summed E-state index contributed by atoms with van der Waals surface area (Å²) >= 11 is 0. The Morgan fingerprint density at radius 1 is 1.12 bits per heavy atom. The molecular weight excluding hydrogens is 198 g/mol. The zero-order chi connectivity index (χ0) is 11.0. The minimum Gasteiger partial charge on any atom is -0.508 e. The van der Waals surface area contributed by atoms with E-state index in [1.165, 1.54) is 37.8 Å². The van der Waals surface area contributed by atoms with Gasteiger partial charge in [0.2, 0.25) is 0 Å². The quantitative estimate of drug-likeness (QED) is 0.758. The molecule has 0 bridgehead atoms. The first-order valence-corrected chi connectivity index (χ1v) is 6.30. The van der Waals surface area contributed by atoms with Gasteiger partial charge in [0.15, 0.2) is 0 Å². The van der Waals surface area contributed by atoms with Gasteiger partial charge >= 0.3 is 0 Å². The van der Waals surface area contributed by atoms with Crippen LogP contribution in [0.3, 0.4) is 0 Å². The molecule has 1 aliphatic carbocycles. The van der Waals surface area contributed by atoms with Crippen molar-refractivity contribution in [1.82, 2.24) is 5.32 Å².